The second-order valence-corrected chi connectivity index (χ2v) is 3.87. The monoisotopic (exact) mass is 283 g/mol. The zero-order valence-corrected chi connectivity index (χ0v) is 10.2. The summed E-state index contributed by atoms with van der Waals surface area (Å²) in [6.45, 7) is 0. The van der Waals surface area contributed by atoms with Crippen LogP contribution in [0.25, 0.3) is 11.3 Å². The zero-order valence-electron chi connectivity index (χ0n) is 10.2. The number of aromatic nitrogens is 1. The first kappa shape index (κ1) is 13.9. The van der Waals surface area contributed by atoms with Crippen LogP contribution in [0.3, 0.4) is 0 Å². The second kappa shape index (κ2) is 5.20. The van der Waals surface area contributed by atoms with Crippen LogP contribution >= 0.6 is 0 Å². The van der Waals surface area contributed by atoms with E-state index in [-0.39, 0.29) is 16.0 Å². The molecule has 1 heterocycles. The molecule has 4 nitrogen and oxygen atoms in total. The highest BCUT2D eigenvalue weighted by Gasteiger charge is 2.21. The minimum atomic E-state index is -1.16. The Morgan fingerprint density at radius 2 is 1.85 bits per heavy atom. The highest BCUT2D eigenvalue weighted by atomic mass is 19.2. The molecule has 0 unspecified atom stereocenters. The van der Waals surface area contributed by atoms with E-state index in [0.29, 0.717) is 6.20 Å². The zero-order chi connectivity index (χ0) is 14.9. The Balaban J connectivity index is 2.61. The van der Waals surface area contributed by atoms with Gasteiger partial charge in [0.25, 0.3) is 0 Å². The number of pyridine rings is 1. The third-order valence-corrected chi connectivity index (χ3v) is 2.63. The molecule has 0 atom stereocenters. The first-order chi connectivity index (χ1) is 9.43. The van der Waals surface area contributed by atoms with Gasteiger partial charge in [-0.2, -0.15) is 9.12 Å². The Labute approximate surface area is 111 Å². The maximum absolute atomic E-state index is 13.5. The van der Waals surface area contributed by atoms with Gasteiger partial charge in [0, 0.05) is 6.07 Å². The van der Waals surface area contributed by atoms with Gasteiger partial charge in [-0.05, 0) is 18.2 Å². The summed E-state index contributed by atoms with van der Waals surface area (Å²) in [7, 11) is 1.05. The van der Waals surface area contributed by atoms with Crippen molar-refractivity contribution < 1.29 is 27.4 Å². The van der Waals surface area contributed by atoms with Crippen molar-refractivity contribution in [1.29, 1.82) is 0 Å². The minimum absolute atomic E-state index is 0.00375. The molecule has 0 amide bonds. The quantitative estimate of drug-likeness (QED) is 0.482. The van der Waals surface area contributed by atoms with E-state index in [1.54, 1.807) is 0 Å². The third-order valence-electron chi connectivity index (χ3n) is 2.63. The van der Waals surface area contributed by atoms with Crippen molar-refractivity contribution in [3.63, 3.8) is 0 Å². The number of hydrogen-bond donors (Lipinski definition) is 0. The number of hydrogen-bond acceptors (Lipinski definition) is 3. The van der Waals surface area contributed by atoms with E-state index < -0.39 is 29.0 Å². The molecule has 0 bridgehead atoms. The predicted octanol–water partition coefficient (Wildman–Crippen LogP) is 2.19. The van der Waals surface area contributed by atoms with Crippen molar-refractivity contribution in [3.8, 4) is 11.3 Å². The molecule has 0 fully saturated rings. The number of carbonyl (C=O) groups is 1. The summed E-state index contributed by atoms with van der Waals surface area (Å²) in [6.07, 6.45) is 0.517. The fraction of sp³-hybridized carbons (Fsp3) is 0.0769. The number of carbonyl (C=O) groups excluding carboxylic acids is 1. The van der Waals surface area contributed by atoms with E-state index in [2.05, 4.69) is 4.74 Å². The number of nitrogens with zero attached hydrogens (tertiary/aromatic N) is 1. The summed E-state index contributed by atoms with van der Waals surface area (Å²) in [5.41, 5.74) is -0.672. The van der Waals surface area contributed by atoms with Crippen LogP contribution in [0.4, 0.5) is 13.2 Å². The second-order valence-electron chi connectivity index (χ2n) is 3.87. The lowest BCUT2D eigenvalue weighted by Gasteiger charge is -2.07. The Kier molecular flexibility index (Phi) is 3.60. The van der Waals surface area contributed by atoms with Gasteiger partial charge in [-0.15, -0.1) is 0 Å². The molecule has 0 spiro atoms. The Hall–Kier alpha value is -2.57. The third kappa shape index (κ3) is 2.42. The number of ether oxygens (including phenoxy) is 1. The van der Waals surface area contributed by atoms with Gasteiger partial charge in [0.15, 0.2) is 11.6 Å². The fourth-order valence-corrected chi connectivity index (χ4v) is 1.64. The standard InChI is InChI=1S/C13H8F3NO3/c1-20-13(18)8-5-12(17(19)6-11(8)16)7-2-3-9(14)10(15)4-7/h2-6H,1H3. The molecule has 0 saturated heterocycles. The number of halogens is 3. The number of esters is 1. The molecule has 20 heavy (non-hydrogen) atoms. The Morgan fingerprint density at radius 1 is 1.15 bits per heavy atom. The molecule has 0 radical (unpaired) electrons. The molecule has 0 aliphatic heterocycles. The Morgan fingerprint density at radius 3 is 2.45 bits per heavy atom. The van der Waals surface area contributed by atoms with E-state index in [4.69, 9.17) is 0 Å². The summed E-state index contributed by atoms with van der Waals surface area (Å²) in [5.74, 6) is -4.29. The maximum atomic E-state index is 13.5. The van der Waals surface area contributed by atoms with Crippen LogP contribution in [0.15, 0.2) is 30.5 Å². The smallest absolute Gasteiger partial charge is 0.341 e. The molecule has 0 aliphatic carbocycles. The molecule has 1 aromatic carbocycles. The predicted molar refractivity (Wildman–Crippen MR) is 62.1 cm³/mol. The van der Waals surface area contributed by atoms with Crippen molar-refractivity contribution in [2.75, 3.05) is 7.11 Å². The maximum Gasteiger partial charge on any atom is 0.341 e. The van der Waals surface area contributed by atoms with Crippen LogP contribution in [-0.2, 0) is 4.74 Å². The number of benzene rings is 1. The van der Waals surface area contributed by atoms with Gasteiger partial charge in [0.1, 0.15) is 5.56 Å². The van der Waals surface area contributed by atoms with Crippen LogP contribution in [0, 0.1) is 22.7 Å². The van der Waals surface area contributed by atoms with Gasteiger partial charge < -0.3 is 9.94 Å². The first-order valence-electron chi connectivity index (χ1n) is 5.40. The van der Waals surface area contributed by atoms with E-state index in [1.165, 1.54) is 0 Å². The molecule has 2 rings (SSSR count). The summed E-state index contributed by atoms with van der Waals surface area (Å²) >= 11 is 0. The molecule has 7 heteroatoms. The molecule has 0 saturated carbocycles. The van der Waals surface area contributed by atoms with Crippen LogP contribution < -0.4 is 4.73 Å². The number of methoxy groups -OCH3 is 1. The van der Waals surface area contributed by atoms with Gasteiger partial charge >= 0.3 is 5.97 Å². The van der Waals surface area contributed by atoms with Crippen molar-refractivity contribution >= 4 is 5.97 Å². The van der Waals surface area contributed by atoms with Crippen molar-refractivity contribution in [3.05, 3.63) is 58.7 Å². The Bertz CT molecular complexity index is 689. The van der Waals surface area contributed by atoms with Gasteiger partial charge in [-0.3, -0.25) is 0 Å². The molecular weight excluding hydrogens is 275 g/mol. The fourth-order valence-electron chi connectivity index (χ4n) is 1.64. The molecule has 1 aromatic heterocycles. The largest absolute Gasteiger partial charge is 0.618 e. The lowest BCUT2D eigenvalue weighted by Crippen LogP contribution is -2.30. The molecule has 0 aliphatic rings. The van der Waals surface area contributed by atoms with Crippen molar-refractivity contribution in [1.82, 2.24) is 0 Å². The highest BCUT2D eigenvalue weighted by molar-refractivity contribution is 5.90. The van der Waals surface area contributed by atoms with Gasteiger partial charge in [0.2, 0.25) is 17.7 Å². The lowest BCUT2D eigenvalue weighted by molar-refractivity contribution is -0.595. The summed E-state index contributed by atoms with van der Waals surface area (Å²) in [4.78, 5) is 11.3. The van der Waals surface area contributed by atoms with E-state index in [0.717, 1.165) is 31.4 Å². The summed E-state index contributed by atoms with van der Waals surface area (Å²) < 4.78 is 44.0. The summed E-state index contributed by atoms with van der Waals surface area (Å²) in [5, 5.41) is 11.6. The molecular formula is C13H8F3NO3. The van der Waals surface area contributed by atoms with Gasteiger partial charge in [-0.1, -0.05) is 0 Å². The van der Waals surface area contributed by atoms with Crippen LogP contribution in [0.1, 0.15) is 10.4 Å². The molecule has 0 N–H and O–H groups in total. The highest BCUT2D eigenvalue weighted by Crippen LogP contribution is 2.21. The van der Waals surface area contributed by atoms with Crippen molar-refractivity contribution in [2.45, 2.75) is 0 Å². The van der Waals surface area contributed by atoms with Crippen LogP contribution in [0.5, 0.6) is 0 Å². The topological polar surface area (TPSA) is 53.2 Å². The molecule has 2 aromatic rings. The molecule has 104 valence electrons. The van der Waals surface area contributed by atoms with Crippen LogP contribution in [0.2, 0.25) is 0 Å². The van der Waals surface area contributed by atoms with E-state index >= 15 is 0 Å². The van der Waals surface area contributed by atoms with Gasteiger partial charge in [-0.25, -0.2) is 13.6 Å². The first-order valence-corrected chi connectivity index (χ1v) is 5.40. The lowest BCUT2D eigenvalue weighted by atomic mass is 10.1. The average Bonchev–Trinajstić information content (AvgIpc) is 2.41. The number of rotatable bonds is 2. The average molecular weight is 283 g/mol. The summed E-state index contributed by atoms with van der Waals surface area (Å²) in [6, 6.07) is 3.66. The van der Waals surface area contributed by atoms with Gasteiger partial charge in [0.05, 0.1) is 12.7 Å². The minimum Gasteiger partial charge on any atom is -0.618 e. The van der Waals surface area contributed by atoms with E-state index in [1.807, 2.05) is 0 Å². The normalized spacial score (nSPS) is 10.4. The van der Waals surface area contributed by atoms with Crippen LogP contribution in [-0.4, -0.2) is 13.1 Å². The van der Waals surface area contributed by atoms with E-state index in [9.17, 15) is 23.2 Å². The SMILES string of the molecule is COC(=O)c1cc(-c2ccc(F)c(F)c2)[n+]([O-])cc1F. The van der Waals surface area contributed by atoms with Crippen molar-refractivity contribution in [2.24, 2.45) is 0 Å².